The highest BCUT2D eigenvalue weighted by Crippen LogP contribution is 2.13. The zero-order chi connectivity index (χ0) is 14.0. The first-order valence-electron chi connectivity index (χ1n) is 5.25. The van der Waals surface area contributed by atoms with Gasteiger partial charge in [0.2, 0.25) is 10.0 Å². The second-order valence-electron chi connectivity index (χ2n) is 3.78. The van der Waals surface area contributed by atoms with Gasteiger partial charge in [0.25, 0.3) is 10.0 Å². The Labute approximate surface area is 108 Å². The Balaban J connectivity index is 3.04. The first-order chi connectivity index (χ1) is 8.19. The lowest BCUT2D eigenvalue weighted by molar-refractivity contribution is 0.432. The number of sulfonamides is 2. The van der Waals surface area contributed by atoms with Gasteiger partial charge < -0.3 is 0 Å². The molecule has 1 aromatic carbocycles. The minimum atomic E-state index is -3.86. The van der Waals surface area contributed by atoms with Crippen LogP contribution in [-0.2, 0) is 20.0 Å². The molecule has 0 bridgehead atoms. The summed E-state index contributed by atoms with van der Waals surface area (Å²) in [6.45, 7) is 3.26. The lowest BCUT2D eigenvalue weighted by atomic mass is 10.2. The Morgan fingerprint density at radius 3 is 2.06 bits per heavy atom. The number of hydrogen-bond acceptors (Lipinski definition) is 4. The summed E-state index contributed by atoms with van der Waals surface area (Å²) in [5.41, 5.74) is 0.922. The van der Waals surface area contributed by atoms with Crippen molar-refractivity contribution in [3.05, 3.63) is 29.8 Å². The molecule has 0 heterocycles. The van der Waals surface area contributed by atoms with Gasteiger partial charge >= 0.3 is 0 Å². The number of aryl methyl sites for hydroxylation is 1. The van der Waals surface area contributed by atoms with Crippen molar-refractivity contribution in [2.24, 2.45) is 0 Å². The normalized spacial score (nSPS) is 12.9. The summed E-state index contributed by atoms with van der Waals surface area (Å²) in [4.78, 5) is 2.01. The van der Waals surface area contributed by atoms with Crippen molar-refractivity contribution in [3.8, 4) is 0 Å². The Morgan fingerprint density at radius 2 is 1.61 bits per heavy atom. The number of nitrogens with zero attached hydrogens (tertiary/aromatic N) is 1. The van der Waals surface area contributed by atoms with E-state index in [-0.39, 0.29) is 10.6 Å². The van der Waals surface area contributed by atoms with E-state index in [1.165, 1.54) is 19.1 Å². The molecule has 18 heavy (non-hydrogen) atoms. The molecule has 0 aliphatic heterocycles. The summed E-state index contributed by atoms with van der Waals surface area (Å²) in [5.74, 6) is -0.194. The van der Waals surface area contributed by atoms with E-state index in [0.29, 0.717) is 4.41 Å². The summed E-state index contributed by atoms with van der Waals surface area (Å²) >= 11 is 0. The first kappa shape index (κ1) is 15.1. The summed E-state index contributed by atoms with van der Waals surface area (Å²) < 4.78 is 47.3. The highest BCUT2D eigenvalue weighted by Gasteiger charge is 2.24. The molecule has 8 heteroatoms. The van der Waals surface area contributed by atoms with E-state index in [4.69, 9.17) is 0 Å². The van der Waals surface area contributed by atoms with Gasteiger partial charge in [0.1, 0.15) is 0 Å². The number of hydrazine groups is 1. The maximum atomic E-state index is 12.0. The van der Waals surface area contributed by atoms with Crippen LogP contribution in [0, 0.1) is 6.92 Å². The fraction of sp³-hybridized carbons (Fsp3) is 0.400. The molecule has 0 radical (unpaired) electrons. The van der Waals surface area contributed by atoms with Crippen LogP contribution < -0.4 is 4.83 Å². The second kappa shape index (κ2) is 5.35. The SMILES string of the molecule is CCS(=O)(=O)NN(C)S(=O)(=O)c1ccc(C)cc1. The molecule has 0 saturated heterocycles. The minimum Gasteiger partial charge on any atom is -0.211 e. The van der Waals surface area contributed by atoms with E-state index in [1.54, 1.807) is 12.1 Å². The standard InChI is InChI=1S/C10H16N2O4S2/c1-4-17(13,14)11-12(3)18(15,16)10-7-5-9(2)6-8-10/h5-8,11H,4H2,1-3H3. The van der Waals surface area contributed by atoms with Gasteiger partial charge in [-0.25, -0.2) is 16.8 Å². The summed E-state index contributed by atoms with van der Waals surface area (Å²) in [5, 5.41) is 0. The third-order valence-electron chi connectivity index (χ3n) is 2.33. The third kappa shape index (κ3) is 3.52. The van der Waals surface area contributed by atoms with Crippen LogP contribution in [0.2, 0.25) is 0 Å². The Morgan fingerprint density at radius 1 is 1.11 bits per heavy atom. The highest BCUT2D eigenvalue weighted by molar-refractivity contribution is 7.92. The van der Waals surface area contributed by atoms with Crippen LogP contribution >= 0.6 is 0 Å². The topological polar surface area (TPSA) is 83.6 Å². The van der Waals surface area contributed by atoms with E-state index in [1.807, 2.05) is 11.8 Å². The predicted molar refractivity (Wildman–Crippen MR) is 68.7 cm³/mol. The zero-order valence-electron chi connectivity index (χ0n) is 10.4. The van der Waals surface area contributed by atoms with Crippen molar-refractivity contribution < 1.29 is 16.8 Å². The third-order valence-corrected chi connectivity index (χ3v) is 5.43. The van der Waals surface area contributed by atoms with Crippen molar-refractivity contribution in [2.45, 2.75) is 18.7 Å². The molecule has 0 aromatic heterocycles. The molecule has 1 N–H and O–H groups in total. The molecular formula is C10H16N2O4S2. The van der Waals surface area contributed by atoms with Gasteiger partial charge in [-0.05, 0) is 26.0 Å². The van der Waals surface area contributed by atoms with Crippen LogP contribution in [0.25, 0.3) is 0 Å². The fourth-order valence-corrected chi connectivity index (χ4v) is 3.23. The lowest BCUT2D eigenvalue weighted by Crippen LogP contribution is -2.43. The van der Waals surface area contributed by atoms with Gasteiger partial charge in [0.05, 0.1) is 10.6 Å². The maximum Gasteiger partial charge on any atom is 0.256 e. The first-order valence-corrected chi connectivity index (χ1v) is 8.34. The van der Waals surface area contributed by atoms with Gasteiger partial charge in [0.15, 0.2) is 0 Å². The molecule has 0 unspecified atom stereocenters. The van der Waals surface area contributed by atoms with E-state index in [2.05, 4.69) is 0 Å². The molecule has 0 saturated carbocycles. The molecular weight excluding hydrogens is 276 g/mol. The molecule has 6 nitrogen and oxygen atoms in total. The zero-order valence-corrected chi connectivity index (χ0v) is 12.0. The molecule has 0 fully saturated rings. The van der Waals surface area contributed by atoms with E-state index in [0.717, 1.165) is 12.6 Å². The fourth-order valence-electron chi connectivity index (χ4n) is 1.18. The molecule has 0 aliphatic carbocycles. The largest absolute Gasteiger partial charge is 0.256 e. The van der Waals surface area contributed by atoms with E-state index >= 15 is 0 Å². The van der Waals surface area contributed by atoms with Crippen molar-refractivity contribution in [2.75, 3.05) is 12.8 Å². The van der Waals surface area contributed by atoms with Gasteiger partial charge in [-0.1, -0.05) is 17.7 Å². The average Bonchev–Trinajstić information content (AvgIpc) is 2.29. The van der Waals surface area contributed by atoms with Crippen LogP contribution in [0.1, 0.15) is 12.5 Å². The van der Waals surface area contributed by atoms with E-state index in [9.17, 15) is 16.8 Å². The molecule has 1 rings (SSSR count). The van der Waals surface area contributed by atoms with Crippen LogP contribution in [-0.4, -0.2) is 34.1 Å². The molecule has 102 valence electrons. The Kier molecular flexibility index (Phi) is 4.49. The predicted octanol–water partition coefficient (Wildman–Crippen LogP) is 0.470. The van der Waals surface area contributed by atoms with Crippen molar-refractivity contribution in [1.29, 1.82) is 0 Å². The summed E-state index contributed by atoms with van der Waals surface area (Å²) in [7, 11) is -6.32. The van der Waals surface area contributed by atoms with Crippen LogP contribution in [0.4, 0.5) is 0 Å². The summed E-state index contributed by atoms with van der Waals surface area (Å²) in [6.07, 6.45) is 0. The monoisotopic (exact) mass is 292 g/mol. The van der Waals surface area contributed by atoms with Gasteiger partial charge in [0, 0.05) is 7.05 Å². The van der Waals surface area contributed by atoms with E-state index < -0.39 is 20.0 Å². The van der Waals surface area contributed by atoms with Crippen LogP contribution in [0.3, 0.4) is 0 Å². The molecule has 0 aliphatic rings. The number of benzene rings is 1. The van der Waals surface area contributed by atoms with Gasteiger partial charge in [-0.15, -0.1) is 9.25 Å². The number of nitrogens with one attached hydrogen (secondary N) is 1. The second-order valence-corrected chi connectivity index (χ2v) is 7.74. The maximum absolute atomic E-state index is 12.0. The molecule has 0 amide bonds. The number of rotatable bonds is 5. The van der Waals surface area contributed by atoms with Crippen molar-refractivity contribution >= 4 is 20.0 Å². The van der Waals surface area contributed by atoms with Crippen molar-refractivity contribution in [1.82, 2.24) is 9.25 Å². The van der Waals surface area contributed by atoms with Crippen molar-refractivity contribution in [3.63, 3.8) is 0 Å². The summed E-state index contributed by atoms with van der Waals surface area (Å²) in [6, 6.07) is 6.16. The quantitative estimate of drug-likeness (QED) is 0.800. The highest BCUT2D eigenvalue weighted by atomic mass is 32.2. The van der Waals surface area contributed by atoms with Gasteiger partial charge in [-0.2, -0.15) is 0 Å². The Bertz CT molecular complexity index is 606. The molecule has 1 aromatic rings. The molecule has 0 spiro atoms. The smallest absolute Gasteiger partial charge is 0.211 e. The number of hydrogen-bond donors (Lipinski definition) is 1. The minimum absolute atomic E-state index is 0.0365. The Hall–Kier alpha value is -0.960. The van der Waals surface area contributed by atoms with Gasteiger partial charge in [-0.3, -0.25) is 0 Å². The van der Waals surface area contributed by atoms with Crippen LogP contribution in [0.5, 0.6) is 0 Å². The average molecular weight is 292 g/mol. The lowest BCUT2D eigenvalue weighted by Gasteiger charge is -2.17. The molecule has 0 atom stereocenters. The van der Waals surface area contributed by atoms with Crippen LogP contribution in [0.15, 0.2) is 29.2 Å².